The molecule has 1 aliphatic heterocycles. The number of hydrogen-bond donors (Lipinski definition) is 1. The van der Waals surface area contributed by atoms with Gasteiger partial charge in [-0.1, -0.05) is 22.0 Å². The Kier molecular flexibility index (Phi) is 4.32. The van der Waals surface area contributed by atoms with E-state index >= 15 is 0 Å². The van der Waals surface area contributed by atoms with Crippen LogP contribution in [0.4, 0.5) is 8.78 Å². The number of hydrogen-bond acceptors (Lipinski definition) is 3. The summed E-state index contributed by atoms with van der Waals surface area (Å²) in [4.78, 5) is 4.01. The number of aliphatic hydroxyl groups excluding tert-OH is 1. The Morgan fingerprint density at radius 2 is 1.95 bits per heavy atom. The van der Waals surface area contributed by atoms with E-state index in [0.29, 0.717) is 19.6 Å². The van der Waals surface area contributed by atoms with Crippen molar-refractivity contribution in [2.24, 2.45) is 0 Å². The second kappa shape index (κ2) is 5.91. The summed E-state index contributed by atoms with van der Waals surface area (Å²) in [6.45, 7) is 3.46. The van der Waals surface area contributed by atoms with Crippen LogP contribution in [0.1, 0.15) is 17.2 Å². The molecule has 0 bridgehead atoms. The van der Waals surface area contributed by atoms with Crippen LogP contribution in [0, 0.1) is 0 Å². The lowest BCUT2D eigenvalue weighted by Gasteiger charge is -2.39. The molecule has 0 spiro atoms. The zero-order valence-corrected chi connectivity index (χ0v) is 13.3. The van der Waals surface area contributed by atoms with Crippen LogP contribution in [-0.4, -0.2) is 60.2 Å². The summed E-state index contributed by atoms with van der Waals surface area (Å²) >= 11 is 3.35. The van der Waals surface area contributed by atoms with Crippen molar-refractivity contribution in [2.75, 3.05) is 39.3 Å². The maximum atomic E-state index is 14.5. The Labute approximate surface area is 131 Å². The van der Waals surface area contributed by atoms with Gasteiger partial charge in [-0.2, -0.15) is 0 Å². The summed E-state index contributed by atoms with van der Waals surface area (Å²) in [6.07, 6.45) is -0.177. The second-order valence-electron chi connectivity index (χ2n) is 5.78. The molecule has 0 amide bonds. The summed E-state index contributed by atoms with van der Waals surface area (Å²) in [6, 6.07) is 4.67. The van der Waals surface area contributed by atoms with E-state index in [0.717, 1.165) is 28.7 Å². The minimum Gasteiger partial charge on any atom is -0.395 e. The minimum absolute atomic E-state index is 0.121. The molecule has 1 N–H and O–H groups in total. The average Bonchev–Trinajstić information content (AvgIpc) is 2.69. The van der Waals surface area contributed by atoms with E-state index < -0.39 is 12.0 Å². The Morgan fingerprint density at radius 1 is 1.24 bits per heavy atom. The highest BCUT2D eigenvalue weighted by Gasteiger charge is 2.50. The molecule has 0 unspecified atom stereocenters. The van der Waals surface area contributed by atoms with Gasteiger partial charge < -0.3 is 5.11 Å². The number of aliphatic hydroxyl groups is 1. The predicted molar refractivity (Wildman–Crippen MR) is 80.6 cm³/mol. The molecule has 116 valence electrons. The van der Waals surface area contributed by atoms with Crippen molar-refractivity contribution in [1.29, 1.82) is 0 Å². The Hall–Kier alpha value is -0.560. The smallest absolute Gasteiger partial charge is 0.271 e. The number of fused-ring (bicyclic) bond motifs is 1. The molecule has 1 aromatic carbocycles. The number of rotatable bonds is 3. The Balaban J connectivity index is 1.79. The first kappa shape index (κ1) is 15.3. The molecule has 2 aliphatic rings. The SMILES string of the molecule is OCCN1CCN([C@H]2c3ccc(Br)cc3CC2(F)F)CC1. The summed E-state index contributed by atoms with van der Waals surface area (Å²) in [5.41, 5.74) is 1.51. The van der Waals surface area contributed by atoms with Crippen molar-refractivity contribution in [2.45, 2.75) is 18.4 Å². The molecule has 6 heteroatoms. The number of piperazine rings is 1. The number of alkyl halides is 2. The van der Waals surface area contributed by atoms with Crippen molar-refractivity contribution >= 4 is 15.9 Å². The van der Waals surface area contributed by atoms with Gasteiger partial charge in [0.2, 0.25) is 0 Å². The van der Waals surface area contributed by atoms with E-state index in [2.05, 4.69) is 20.8 Å². The molecule has 0 saturated carbocycles. The molecular formula is C15H19BrF2N2O. The summed E-state index contributed by atoms with van der Waals surface area (Å²) in [5.74, 6) is -2.71. The summed E-state index contributed by atoms with van der Waals surface area (Å²) in [5, 5.41) is 8.96. The van der Waals surface area contributed by atoms with E-state index in [9.17, 15) is 8.78 Å². The van der Waals surface area contributed by atoms with Crippen LogP contribution in [0.25, 0.3) is 0 Å². The average molecular weight is 361 g/mol. The third kappa shape index (κ3) is 2.99. The molecule has 1 saturated heterocycles. The molecule has 1 aromatic rings. The number of halogens is 3. The van der Waals surface area contributed by atoms with Gasteiger partial charge in [-0.15, -0.1) is 0 Å². The topological polar surface area (TPSA) is 26.7 Å². The molecule has 21 heavy (non-hydrogen) atoms. The second-order valence-corrected chi connectivity index (χ2v) is 6.70. The van der Waals surface area contributed by atoms with Crippen LogP contribution in [0.5, 0.6) is 0 Å². The lowest BCUT2D eigenvalue weighted by atomic mass is 10.0. The molecule has 3 nitrogen and oxygen atoms in total. The van der Waals surface area contributed by atoms with Crippen molar-refractivity contribution in [3.8, 4) is 0 Å². The third-order valence-corrected chi connectivity index (χ3v) is 4.91. The molecule has 1 atom stereocenters. The third-order valence-electron chi connectivity index (χ3n) is 4.41. The van der Waals surface area contributed by atoms with Crippen molar-refractivity contribution < 1.29 is 13.9 Å². The van der Waals surface area contributed by atoms with Crippen molar-refractivity contribution in [3.05, 3.63) is 33.8 Å². The molecule has 0 radical (unpaired) electrons. The zero-order chi connectivity index (χ0) is 15.0. The Morgan fingerprint density at radius 3 is 2.62 bits per heavy atom. The van der Waals surface area contributed by atoms with E-state index in [1.54, 1.807) is 0 Å². The van der Waals surface area contributed by atoms with Crippen LogP contribution >= 0.6 is 15.9 Å². The fraction of sp³-hybridized carbons (Fsp3) is 0.600. The zero-order valence-electron chi connectivity index (χ0n) is 11.7. The summed E-state index contributed by atoms with van der Waals surface area (Å²) in [7, 11) is 0. The lowest BCUT2D eigenvalue weighted by molar-refractivity contribution is -0.0821. The van der Waals surface area contributed by atoms with Gasteiger partial charge in [0, 0.05) is 43.6 Å². The van der Waals surface area contributed by atoms with Gasteiger partial charge in [-0.25, -0.2) is 8.78 Å². The van der Waals surface area contributed by atoms with E-state index in [1.165, 1.54) is 0 Å². The van der Waals surface area contributed by atoms with Crippen LogP contribution in [-0.2, 0) is 6.42 Å². The first-order valence-electron chi connectivity index (χ1n) is 7.25. The van der Waals surface area contributed by atoms with Gasteiger partial charge >= 0.3 is 0 Å². The minimum atomic E-state index is -2.71. The highest BCUT2D eigenvalue weighted by atomic mass is 79.9. The maximum absolute atomic E-state index is 14.5. The van der Waals surface area contributed by atoms with Gasteiger partial charge in [-0.05, 0) is 23.3 Å². The standard InChI is InChI=1S/C15H19BrF2N2O/c16-12-1-2-13-11(9-12)10-15(17,18)14(13)20-5-3-19(4-6-20)7-8-21/h1-2,9,14,21H,3-8,10H2/t14-/m0/s1. The molecule has 1 aliphatic carbocycles. The van der Waals surface area contributed by atoms with Gasteiger partial charge in [0.05, 0.1) is 12.6 Å². The molecule has 1 heterocycles. The molecular weight excluding hydrogens is 342 g/mol. The van der Waals surface area contributed by atoms with Gasteiger partial charge in [0.25, 0.3) is 5.92 Å². The highest BCUT2D eigenvalue weighted by Crippen LogP contribution is 2.47. The van der Waals surface area contributed by atoms with Crippen molar-refractivity contribution in [3.63, 3.8) is 0 Å². The van der Waals surface area contributed by atoms with E-state index in [-0.39, 0.29) is 13.0 Å². The van der Waals surface area contributed by atoms with Gasteiger partial charge in [0.15, 0.2) is 0 Å². The number of nitrogens with zero attached hydrogens (tertiary/aromatic N) is 2. The monoisotopic (exact) mass is 360 g/mol. The summed E-state index contributed by atoms with van der Waals surface area (Å²) < 4.78 is 29.8. The Bertz CT molecular complexity index is 518. The number of β-amino-alcohol motifs (C(OH)–C–C–N with tert-alkyl or cyclic N) is 1. The first-order valence-corrected chi connectivity index (χ1v) is 8.04. The van der Waals surface area contributed by atoms with Gasteiger partial charge in [0.1, 0.15) is 0 Å². The van der Waals surface area contributed by atoms with Crippen LogP contribution < -0.4 is 0 Å². The molecule has 1 fully saturated rings. The molecule has 3 rings (SSSR count). The quantitative estimate of drug-likeness (QED) is 0.895. The maximum Gasteiger partial charge on any atom is 0.271 e. The number of benzene rings is 1. The highest BCUT2D eigenvalue weighted by molar-refractivity contribution is 9.10. The van der Waals surface area contributed by atoms with Crippen LogP contribution in [0.3, 0.4) is 0 Å². The van der Waals surface area contributed by atoms with E-state index in [1.807, 2.05) is 23.1 Å². The normalized spacial score (nSPS) is 26.0. The lowest BCUT2D eigenvalue weighted by Crippen LogP contribution is -2.51. The van der Waals surface area contributed by atoms with Crippen LogP contribution in [0.2, 0.25) is 0 Å². The fourth-order valence-corrected chi connectivity index (χ4v) is 3.83. The van der Waals surface area contributed by atoms with Crippen molar-refractivity contribution in [1.82, 2.24) is 9.80 Å². The van der Waals surface area contributed by atoms with Crippen LogP contribution in [0.15, 0.2) is 22.7 Å². The molecule has 0 aromatic heterocycles. The predicted octanol–water partition coefficient (Wildman–Crippen LogP) is 2.29. The largest absolute Gasteiger partial charge is 0.395 e. The van der Waals surface area contributed by atoms with Gasteiger partial charge in [-0.3, -0.25) is 9.80 Å². The first-order chi connectivity index (χ1) is 10.0. The fourth-order valence-electron chi connectivity index (χ4n) is 3.42. The van der Waals surface area contributed by atoms with E-state index in [4.69, 9.17) is 5.11 Å².